The van der Waals surface area contributed by atoms with Crippen LogP contribution in [0.5, 0.6) is 11.5 Å². The summed E-state index contributed by atoms with van der Waals surface area (Å²) in [6.07, 6.45) is 0.840. The minimum Gasteiger partial charge on any atom is -0.497 e. The first-order valence-corrected chi connectivity index (χ1v) is 6.50. The first kappa shape index (κ1) is 14.4. The number of furan rings is 1. The van der Waals surface area contributed by atoms with Gasteiger partial charge in [0.25, 0.3) is 0 Å². The molecule has 20 heavy (non-hydrogen) atoms. The number of methoxy groups -OCH3 is 2. The minimum absolute atomic E-state index is 0.291. The summed E-state index contributed by atoms with van der Waals surface area (Å²) in [6, 6.07) is 9.16. The Kier molecular flexibility index (Phi) is 4.65. The minimum atomic E-state index is -0.291. The maximum absolute atomic E-state index is 5.77. The number of ether oxygens (including phenoxy) is 2. The normalized spacial score (nSPS) is 12.2. The highest BCUT2D eigenvalue weighted by Crippen LogP contribution is 2.33. The molecule has 0 radical (unpaired) electrons. The third-order valence-corrected chi connectivity index (χ3v) is 3.23. The van der Waals surface area contributed by atoms with Crippen molar-refractivity contribution in [2.75, 3.05) is 14.2 Å². The Morgan fingerprint density at radius 3 is 2.55 bits per heavy atom. The van der Waals surface area contributed by atoms with Crippen LogP contribution in [0, 0.1) is 0 Å². The van der Waals surface area contributed by atoms with Gasteiger partial charge in [-0.25, -0.2) is 5.43 Å². The second kappa shape index (κ2) is 6.45. The summed E-state index contributed by atoms with van der Waals surface area (Å²) in [7, 11) is 3.25. The maximum atomic E-state index is 5.77. The van der Waals surface area contributed by atoms with Gasteiger partial charge in [-0.3, -0.25) is 5.84 Å². The van der Waals surface area contributed by atoms with Crippen LogP contribution in [0.2, 0.25) is 0 Å². The molecule has 0 bridgehead atoms. The molecular formula is C15H20N2O3. The van der Waals surface area contributed by atoms with Gasteiger partial charge in [0.1, 0.15) is 29.1 Å². The molecule has 0 spiro atoms. The average Bonchev–Trinajstić information content (AvgIpc) is 2.96. The molecule has 1 aromatic heterocycles. The van der Waals surface area contributed by atoms with E-state index in [9.17, 15) is 0 Å². The molecule has 1 unspecified atom stereocenters. The Hall–Kier alpha value is -1.98. The number of nitrogens with one attached hydrogen (secondary N) is 1. The molecule has 2 rings (SSSR count). The summed E-state index contributed by atoms with van der Waals surface area (Å²) in [4.78, 5) is 0. The molecule has 108 valence electrons. The number of benzene rings is 1. The lowest BCUT2D eigenvalue weighted by molar-refractivity contribution is 0.381. The van der Waals surface area contributed by atoms with Crippen molar-refractivity contribution in [3.63, 3.8) is 0 Å². The number of rotatable bonds is 6. The van der Waals surface area contributed by atoms with E-state index < -0.39 is 0 Å². The van der Waals surface area contributed by atoms with Crippen LogP contribution >= 0.6 is 0 Å². The van der Waals surface area contributed by atoms with E-state index >= 15 is 0 Å². The van der Waals surface area contributed by atoms with Crippen LogP contribution in [0.4, 0.5) is 0 Å². The van der Waals surface area contributed by atoms with E-state index in [1.807, 2.05) is 37.3 Å². The molecule has 0 fully saturated rings. The van der Waals surface area contributed by atoms with Gasteiger partial charge in [0.05, 0.1) is 14.2 Å². The molecule has 1 heterocycles. The Morgan fingerprint density at radius 1 is 1.20 bits per heavy atom. The predicted molar refractivity (Wildman–Crippen MR) is 76.8 cm³/mol. The van der Waals surface area contributed by atoms with E-state index in [0.29, 0.717) is 0 Å². The van der Waals surface area contributed by atoms with Crippen molar-refractivity contribution in [3.8, 4) is 11.5 Å². The molecule has 0 aliphatic carbocycles. The van der Waals surface area contributed by atoms with Gasteiger partial charge in [-0.1, -0.05) is 6.92 Å². The first-order valence-electron chi connectivity index (χ1n) is 6.50. The molecule has 1 atom stereocenters. The van der Waals surface area contributed by atoms with Crippen molar-refractivity contribution >= 4 is 0 Å². The molecule has 1 aromatic carbocycles. The summed E-state index contributed by atoms with van der Waals surface area (Å²) in [6.45, 7) is 2.04. The molecule has 5 heteroatoms. The largest absolute Gasteiger partial charge is 0.497 e. The van der Waals surface area contributed by atoms with E-state index in [-0.39, 0.29) is 6.04 Å². The van der Waals surface area contributed by atoms with Crippen LogP contribution in [0.1, 0.15) is 30.0 Å². The van der Waals surface area contributed by atoms with Crippen LogP contribution < -0.4 is 20.7 Å². The van der Waals surface area contributed by atoms with E-state index in [1.54, 1.807) is 14.2 Å². The van der Waals surface area contributed by atoms with Gasteiger partial charge in [-0.15, -0.1) is 0 Å². The molecule has 0 saturated heterocycles. The Morgan fingerprint density at radius 2 is 2.00 bits per heavy atom. The number of aryl methyl sites for hydroxylation is 1. The van der Waals surface area contributed by atoms with Gasteiger partial charge in [0.15, 0.2) is 0 Å². The van der Waals surface area contributed by atoms with E-state index in [2.05, 4.69) is 5.43 Å². The highest BCUT2D eigenvalue weighted by atomic mass is 16.5. The monoisotopic (exact) mass is 276 g/mol. The molecule has 0 aliphatic heterocycles. The highest BCUT2D eigenvalue weighted by molar-refractivity contribution is 5.44. The lowest BCUT2D eigenvalue weighted by atomic mass is 10.0. The highest BCUT2D eigenvalue weighted by Gasteiger charge is 2.21. The van der Waals surface area contributed by atoms with Gasteiger partial charge < -0.3 is 13.9 Å². The Labute approximate surface area is 118 Å². The Bertz CT molecular complexity index is 566. The van der Waals surface area contributed by atoms with Gasteiger partial charge in [0, 0.05) is 12.0 Å². The molecule has 3 N–H and O–H groups in total. The summed E-state index contributed by atoms with van der Waals surface area (Å²) in [5.41, 5.74) is 3.64. The maximum Gasteiger partial charge on any atom is 0.127 e. The lowest BCUT2D eigenvalue weighted by Crippen LogP contribution is -2.28. The molecular weight excluding hydrogens is 256 g/mol. The zero-order valence-corrected chi connectivity index (χ0v) is 12.0. The summed E-state index contributed by atoms with van der Waals surface area (Å²) in [5, 5.41) is 0. The van der Waals surface area contributed by atoms with Crippen LogP contribution in [-0.4, -0.2) is 14.2 Å². The standard InChI is InChI=1S/C15H20N2O3/c1-4-10-5-8-14(20-10)15(17-16)12-9-11(18-2)6-7-13(12)19-3/h5-9,15,17H,4,16H2,1-3H3. The lowest BCUT2D eigenvalue weighted by Gasteiger charge is -2.18. The van der Waals surface area contributed by atoms with E-state index in [0.717, 1.165) is 35.0 Å². The number of hydrazine groups is 1. The van der Waals surface area contributed by atoms with Gasteiger partial charge in [-0.2, -0.15) is 0 Å². The first-order chi connectivity index (χ1) is 9.73. The quantitative estimate of drug-likeness (QED) is 0.626. The van der Waals surface area contributed by atoms with Gasteiger partial charge in [0.2, 0.25) is 0 Å². The van der Waals surface area contributed by atoms with Gasteiger partial charge in [-0.05, 0) is 30.3 Å². The van der Waals surface area contributed by atoms with Crippen LogP contribution in [-0.2, 0) is 6.42 Å². The van der Waals surface area contributed by atoms with Crippen molar-refractivity contribution in [2.24, 2.45) is 5.84 Å². The number of hydrogen-bond acceptors (Lipinski definition) is 5. The van der Waals surface area contributed by atoms with Gasteiger partial charge >= 0.3 is 0 Å². The van der Waals surface area contributed by atoms with Crippen molar-refractivity contribution < 1.29 is 13.9 Å². The second-order valence-electron chi connectivity index (χ2n) is 4.37. The molecule has 2 aromatic rings. The SMILES string of the molecule is CCc1ccc(C(NN)c2cc(OC)ccc2OC)o1. The third kappa shape index (κ3) is 2.79. The van der Waals surface area contributed by atoms with Crippen molar-refractivity contribution in [3.05, 3.63) is 47.4 Å². The van der Waals surface area contributed by atoms with E-state index in [4.69, 9.17) is 19.7 Å². The zero-order chi connectivity index (χ0) is 14.5. The van der Waals surface area contributed by atoms with Crippen LogP contribution in [0.25, 0.3) is 0 Å². The number of nitrogens with two attached hydrogens (primary N) is 1. The molecule has 0 amide bonds. The third-order valence-electron chi connectivity index (χ3n) is 3.23. The fourth-order valence-electron chi connectivity index (χ4n) is 2.13. The smallest absolute Gasteiger partial charge is 0.127 e. The van der Waals surface area contributed by atoms with Crippen molar-refractivity contribution in [1.82, 2.24) is 5.43 Å². The van der Waals surface area contributed by atoms with Crippen LogP contribution in [0.3, 0.4) is 0 Å². The summed E-state index contributed by atoms with van der Waals surface area (Å²) >= 11 is 0. The summed E-state index contributed by atoms with van der Waals surface area (Å²) in [5.74, 6) is 8.83. The molecule has 0 aliphatic rings. The fourth-order valence-corrected chi connectivity index (χ4v) is 2.13. The fraction of sp³-hybridized carbons (Fsp3) is 0.333. The summed E-state index contributed by atoms with van der Waals surface area (Å²) < 4.78 is 16.4. The van der Waals surface area contributed by atoms with Crippen molar-refractivity contribution in [2.45, 2.75) is 19.4 Å². The van der Waals surface area contributed by atoms with Crippen LogP contribution in [0.15, 0.2) is 34.7 Å². The topological polar surface area (TPSA) is 69.7 Å². The molecule has 5 nitrogen and oxygen atoms in total. The van der Waals surface area contributed by atoms with Crippen molar-refractivity contribution in [1.29, 1.82) is 0 Å². The zero-order valence-electron chi connectivity index (χ0n) is 12.0. The number of hydrogen-bond donors (Lipinski definition) is 2. The second-order valence-corrected chi connectivity index (χ2v) is 4.37. The predicted octanol–water partition coefficient (Wildman–Crippen LogP) is 2.41. The molecule has 0 saturated carbocycles. The van der Waals surface area contributed by atoms with E-state index in [1.165, 1.54) is 0 Å². The average molecular weight is 276 g/mol. The Balaban J connectivity index is 2.44.